The van der Waals surface area contributed by atoms with Crippen LogP contribution in [0.15, 0.2) is 30.6 Å². The first-order chi connectivity index (χ1) is 7.22. The highest BCUT2D eigenvalue weighted by atomic mass is 19.1. The van der Waals surface area contributed by atoms with E-state index >= 15 is 0 Å². The van der Waals surface area contributed by atoms with E-state index in [1.165, 1.54) is 6.07 Å². The van der Waals surface area contributed by atoms with Gasteiger partial charge in [-0.1, -0.05) is 6.07 Å². The molecule has 0 aliphatic carbocycles. The number of aliphatic hydroxyl groups is 1. The molecule has 0 radical (unpaired) electrons. The molecule has 1 heterocycles. The number of hydrogen-bond acceptors (Lipinski definition) is 2. The molecule has 0 unspecified atom stereocenters. The second-order valence-electron chi connectivity index (χ2n) is 3.28. The molecule has 0 amide bonds. The predicted octanol–water partition coefficient (Wildman–Crippen LogP) is 1.81. The van der Waals surface area contributed by atoms with Gasteiger partial charge in [0.2, 0.25) is 0 Å². The Kier molecular flexibility index (Phi) is 2.51. The number of imidazole rings is 1. The van der Waals surface area contributed by atoms with E-state index in [9.17, 15) is 4.39 Å². The standard InChI is InChI=1S/C11H11FN2O/c1-8-13-4-5-14(8)10-3-2-9(7-15)11(12)6-10/h2-6,15H,7H2,1H3. The molecule has 15 heavy (non-hydrogen) atoms. The van der Waals surface area contributed by atoms with E-state index in [0.717, 1.165) is 5.82 Å². The molecule has 1 aromatic carbocycles. The van der Waals surface area contributed by atoms with Crippen LogP contribution in [0.2, 0.25) is 0 Å². The van der Waals surface area contributed by atoms with E-state index in [1.54, 1.807) is 29.1 Å². The van der Waals surface area contributed by atoms with Crippen LogP contribution < -0.4 is 0 Å². The zero-order valence-corrected chi connectivity index (χ0v) is 8.31. The van der Waals surface area contributed by atoms with Gasteiger partial charge in [-0.25, -0.2) is 9.37 Å². The summed E-state index contributed by atoms with van der Waals surface area (Å²) >= 11 is 0. The van der Waals surface area contributed by atoms with Crippen molar-refractivity contribution in [1.82, 2.24) is 9.55 Å². The smallest absolute Gasteiger partial charge is 0.130 e. The zero-order valence-electron chi connectivity index (χ0n) is 8.31. The third kappa shape index (κ3) is 1.76. The Balaban J connectivity index is 2.47. The molecule has 2 rings (SSSR count). The van der Waals surface area contributed by atoms with Crippen molar-refractivity contribution in [1.29, 1.82) is 0 Å². The maximum Gasteiger partial charge on any atom is 0.130 e. The van der Waals surface area contributed by atoms with Gasteiger partial charge in [-0.05, 0) is 19.1 Å². The lowest BCUT2D eigenvalue weighted by Crippen LogP contribution is -1.98. The average molecular weight is 206 g/mol. The van der Waals surface area contributed by atoms with E-state index in [2.05, 4.69) is 4.98 Å². The van der Waals surface area contributed by atoms with Gasteiger partial charge in [-0.2, -0.15) is 0 Å². The largest absolute Gasteiger partial charge is 0.392 e. The van der Waals surface area contributed by atoms with Crippen molar-refractivity contribution in [2.45, 2.75) is 13.5 Å². The summed E-state index contributed by atoms with van der Waals surface area (Å²) < 4.78 is 15.2. The molecule has 0 bridgehead atoms. The third-order valence-electron chi connectivity index (χ3n) is 2.31. The first-order valence-electron chi connectivity index (χ1n) is 4.62. The quantitative estimate of drug-likeness (QED) is 0.813. The van der Waals surface area contributed by atoms with Gasteiger partial charge in [0, 0.05) is 23.6 Å². The molecule has 1 N–H and O–H groups in total. The molecule has 0 saturated heterocycles. The molecule has 0 spiro atoms. The fraction of sp³-hybridized carbons (Fsp3) is 0.182. The summed E-state index contributed by atoms with van der Waals surface area (Å²) in [5, 5.41) is 8.84. The highest BCUT2D eigenvalue weighted by molar-refractivity contribution is 5.36. The van der Waals surface area contributed by atoms with Crippen LogP contribution in [0.1, 0.15) is 11.4 Å². The summed E-state index contributed by atoms with van der Waals surface area (Å²) in [5.41, 5.74) is 1.01. The Bertz CT molecular complexity index is 479. The predicted molar refractivity (Wildman–Crippen MR) is 54.2 cm³/mol. The Morgan fingerprint density at radius 2 is 2.27 bits per heavy atom. The topological polar surface area (TPSA) is 38.0 Å². The molecule has 1 aromatic heterocycles. The molecule has 2 aromatic rings. The van der Waals surface area contributed by atoms with Crippen molar-refractivity contribution >= 4 is 0 Å². The highest BCUT2D eigenvalue weighted by Crippen LogP contribution is 2.15. The molecular weight excluding hydrogens is 195 g/mol. The lowest BCUT2D eigenvalue weighted by molar-refractivity contribution is 0.275. The lowest BCUT2D eigenvalue weighted by atomic mass is 10.2. The van der Waals surface area contributed by atoms with Crippen molar-refractivity contribution in [3.8, 4) is 5.69 Å². The van der Waals surface area contributed by atoms with Crippen molar-refractivity contribution < 1.29 is 9.50 Å². The number of aryl methyl sites for hydroxylation is 1. The van der Waals surface area contributed by atoms with E-state index in [1.807, 2.05) is 6.92 Å². The fourth-order valence-corrected chi connectivity index (χ4v) is 1.47. The molecule has 0 saturated carbocycles. The number of nitrogens with zero attached hydrogens (tertiary/aromatic N) is 2. The SMILES string of the molecule is Cc1nccn1-c1ccc(CO)c(F)c1. The number of aromatic nitrogens is 2. The Morgan fingerprint density at radius 3 is 2.80 bits per heavy atom. The van der Waals surface area contributed by atoms with Crippen LogP contribution in [-0.2, 0) is 6.61 Å². The molecule has 78 valence electrons. The van der Waals surface area contributed by atoms with Crippen molar-refractivity contribution in [3.05, 3.63) is 47.8 Å². The first kappa shape index (κ1) is 9.86. The van der Waals surface area contributed by atoms with Gasteiger partial charge in [-0.3, -0.25) is 0 Å². The normalized spacial score (nSPS) is 10.6. The molecule has 0 atom stereocenters. The second kappa shape index (κ2) is 3.82. The molecule has 0 fully saturated rings. The summed E-state index contributed by atoms with van der Waals surface area (Å²) in [5.74, 6) is 0.397. The van der Waals surface area contributed by atoms with Gasteiger partial charge in [0.1, 0.15) is 11.6 Å². The van der Waals surface area contributed by atoms with Crippen LogP contribution >= 0.6 is 0 Å². The minimum atomic E-state index is -0.400. The molecule has 3 nitrogen and oxygen atoms in total. The zero-order chi connectivity index (χ0) is 10.8. The minimum Gasteiger partial charge on any atom is -0.392 e. The maximum atomic E-state index is 13.4. The summed E-state index contributed by atoms with van der Waals surface area (Å²) in [7, 11) is 0. The van der Waals surface area contributed by atoms with E-state index in [4.69, 9.17) is 5.11 Å². The number of rotatable bonds is 2. The Labute approximate surface area is 86.8 Å². The lowest BCUT2D eigenvalue weighted by Gasteiger charge is -2.06. The molecule has 0 aliphatic rings. The van der Waals surface area contributed by atoms with Crippen LogP contribution in [0.4, 0.5) is 4.39 Å². The minimum absolute atomic E-state index is 0.283. The van der Waals surface area contributed by atoms with Crippen LogP contribution in [0.25, 0.3) is 5.69 Å². The van der Waals surface area contributed by atoms with Gasteiger partial charge in [0.25, 0.3) is 0 Å². The number of aliphatic hydroxyl groups excluding tert-OH is 1. The van der Waals surface area contributed by atoms with Gasteiger partial charge in [-0.15, -0.1) is 0 Å². The molecule has 4 heteroatoms. The van der Waals surface area contributed by atoms with Gasteiger partial charge >= 0.3 is 0 Å². The average Bonchev–Trinajstić information content (AvgIpc) is 2.64. The summed E-state index contributed by atoms with van der Waals surface area (Å²) in [4.78, 5) is 4.06. The van der Waals surface area contributed by atoms with E-state index in [0.29, 0.717) is 11.3 Å². The van der Waals surface area contributed by atoms with Crippen LogP contribution in [0.3, 0.4) is 0 Å². The Morgan fingerprint density at radius 1 is 1.47 bits per heavy atom. The maximum absolute atomic E-state index is 13.4. The van der Waals surface area contributed by atoms with Gasteiger partial charge in [0.15, 0.2) is 0 Å². The second-order valence-corrected chi connectivity index (χ2v) is 3.28. The monoisotopic (exact) mass is 206 g/mol. The summed E-state index contributed by atoms with van der Waals surface area (Å²) in [6.45, 7) is 1.56. The molecular formula is C11H11FN2O. The van der Waals surface area contributed by atoms with Gasteiger partial charge < -0.3 is 9.67 Å². The number of hydrogen-bond donors (Lipinski definition) is 1. The Hall–Kier alpha value is -1.68. The van der Waals surface area contributed by atoms with Crippen LogP contribution in [0, 0.1) is 12.7 Å². The number of halogens is 1. The highest BCUT2D eigenvalue weighted by Gasteiger charge is 2.05. The van der Waals surface area contributed by atoms with Gasteiger partial charge in [0.05, 0.1) is 6.61 Å². The van der Waals surface area contributed by atoms with Crippen LogP contribution in [0.5, 0.6) is 0 Å². The molecule has 0 aliphatic heterocycles. The van der Waals surface area contributed by atoms with E-state index in [-0.39, 0.29) is 6.61 Å². The van der Waals surface area contributed by atoms with Crippen LogP contribution in [-0.4, -0.2) is 14.7 Å². The van der Waals surface area contributed by atoms with E-state index < -0.39 is 5.82 Å². The third-order valence-corrected chi connectivity index (χ3v) is 2.31. The van der Waals surface area contributed by atoms with Crippen molar-refractivity contribution in [2.24, 2.45) is 0 Å². The van der Waals surface area contributed by atoms with Crippen molar-refractivity contribution in [2.75, 3.05) is 0 Å². The number of benzene rings is 1. The van der Waals surface area contributed by atoms with Crippen molar-refractivity contribution in [3.63, 3.8) is 0 Å². The summed E-state index contributed by atoms with van der Waals surface area (Å²) in [6, 6.07) is 4.72. The first-order valence-corrected chi connectivity index (χ1v) is 4.62. The summed E-state index contributed by atoms with van der Waals surface area (Å²) in [6.07, 6.45) is 3.43. The fourth-order valence-electron chi connectivity index (χ4n) is 1.47.